The van der Waals surface area contributed by atoms with Crippen LogP contribution in [0.4, 0.5) is 0 Å². The number of carbonyl (C=O) groups is 2. The summed E-state index contributed by atoms with van der Waals surface area (Å²) in [6.45, 7) is 3.08. The number of rotatable bonds is 4. The molecule has 130 valence electrons. The van der Waals surface area contributed by atoms with E-state index in [2.05, 4.69) is 0 Å². The van der Waals surface area contributed by atoms with Crippen LogP contribution in [0.5, 0.6) is 5.75 Å². The van der Waals surface area contributed by atoms with E-state index >= 15 is 0 Å². The van der Waals surface area contributed by atoms with E-state index in [9.17, 15) is 9.59 Å². The van der Waals surface area contributed by atoms with Crippen LogP contribution >= 0.6 is 0 Å². The lowest BCUT2D eigenvalue weighted by molar-refractivity contribution is -0.148. The third-order valence-electron chi connectivity index (χ3n) is 5.71. The van der Waals surface area contributed by atoms with Crippen LogP contribution in [0.25, 0.3) is 0 Å². The highest BCUT2D eigenvalue weighted by atomic mass is 16.5. The van der Waals surface area contributed by atoms with E-state index in [1.165, 1.54) is 0 Å². The summed E-state index contributed by atoms with van der Waals surface area (Å²) in [4.78, 5) is 26.2. The van der Waals surface area contributed by atoms with Gasteiger partial charge < -0.3 is 14.7 Å². The summed E-state index contributed by atoms with van der Waals surface area (Å²) >= 11 is 0. The number of hydrogen-bond acceptors (Lipinski definition) is 3. The number of methoxy groups -OCH3 is 1. The smallest absolute Gasteiger partial charge is 0.306 e. The molecule has 1 saturated carbocycles. The highest BCUT2D eigenvalue weighted by Crippen LogP contribution is 2.46. The molecule has 0 bridgehead atoms. The van der Waals surface area contributed by atoms with Crippen molar-refractivity contribution in [3.8, 4) is 5.75 Å². The molecular weight excluding hydrogens is 306 g/mol. The largest absolute Gasteiger partial charge is 0.496 e. The Morgan fingerprint density at radius 3 is 2.42 bits per heavy atom. The molecule has 2 aliphatic rings. The lowest BCUT2D eigenvalue weighted by atomic mass is 9.63. The Bertz CT molecular complexity index is 643. The van der Waals surface area contributed by atoms with Crippen LogP contribution in [0.1, 0.15) is 43.2 Å². The zero-order valence-corrected chi connectivity index (χ0v) is 14.4. The number of amides is 1. The molecule has 1 N–H and O–H groups in total. The number of carboxylic acid groups (broad SMARTS) is 1. The van der Waals surface area contributed by atoms with Crippen LogP contribution < -0.4 is 4.74 Å². The topological polar surface area (TPSA) is 66.8 Å². The lowest BCUT2D eigenvalue weighted by Crippen LogP contribution is -2.53. The predicted octanol–water partition coefficient (Wildman–Crippen LogP) is 2.75. The van der Waals surface area contributed by atoms with Crippen LogP contribution in [0.3, 0.4) is 0 Å². The Hall–Kier alpha value is -2.04. The minimum Gasteiger partial charge on any atom is -0.496 e. The summed E-state index contributed by atoms with van der Waals surface area (Å²) in [6, 6.07) is 6.05. The van der Waals surface area contributed by atoms with Crippen molar-refractivity contribution in [3.05, 3.63) is 29.3 Å². The molecule has 24 heavy (non-hydrogen) atoms. The van der Waals surface area contributed by atoms with E-state index in [0.29, 0.717) is 25.9 Å². The Morgan fingerprint density at radius 2 is 1.92 bits per heavy atom. The third-order valence-corrected chi connectivity index (χ3v) is 5.71. The summed E-state index contributed by atoms with van der Waals surface area (Å²) in [5.41, 5.74) is 1.64. The second-order valence-electron chi connectivity index (χ2n) is 7.02. The summed E-state index contributed by atoms with van der Waals surface area (Å²) in [6.07, 6.45) is 3.87. The molecule has 0 radical (unpaired) electrons. The van der Waals surface area contributed by atoms with Crippen molar-refractivity contribution in [1.29, 1.82) is 0 Å². The zero-order valence-electron chi connectivity index (χ0n) is 14.4. The van der Waals surface area contributed by atoms with Crippen molar-refractivity contribution in [1.82, 2.24) is 4.90 Å². The molecule has 1 aromatic rings. The van der Waals surface area contributed by atoms with E-state index in [-0.39, 0.29) is 11.8 Å². The molecule has 1 aliphatic heterocycles. The molecule has 1 heterocycles. The van der Waals surface area contributed by atoms with Gasteiger partial charge in [0.25, 0.3) is 0 Å². The second kappa shape index (κ2) is 6.46. The van der Waals surface area contributed by atoms with Gasteiger partial charge >= 0.3 is 5.97 Å². The molecule has 2 fully saturated rings. The number of carboxylic acids is 1. The van der Waals surface area contributed by atoms with Gasteiger partial charge in [-0.2, -0.15) is 0 Å². The van der Waals surface area contributed by atoms with Crippen molar-refractivity contribution >= 4 is 11.9 Å². The molecular formula is C19H25NO4. The first-order valence-corrected chi connectivity index (χ1v) is 8.65. The first kappa shape index (κ1) is 16.8. The first-order valence-electron chi connectivity index (χ1n) is 8.65. The van der Waals surface area contributed by atoms with Gasteiger partial charge in [-0.1, -0.05) is 18.6 Å². The Morgan fingerprint density at radius 1 is 1.25 bits per heavy atom. The molecule has 1 amide bonds. The van der Waals surface area contributed by atoms with E-state index in [1.54, 1.807) is 7.11 Å². The minimum atomic E-state index is -0.747. The quantitative estimate of drug-likeness (QED) is 0.921. The van der Waals surface area contributed by atoms with Crippen molar-refractivity contribution in [2.24, 2.45) is 5.92 Å². The minimum absolute atomic E-state index is 0.156. The number of likely N-dealkylation sites (tertiary alicyclic amines) is 1. The number of piperidine rings is 1. The molecule has 0 atom stereocenters. The Balaban J connectivity index is 1.80. The van der Waals surface area contributed by atoms with Gasteiger partial charge in [-0.25, -0.2) is 0 Å². The summed E-state index contributed by atoms with van der Waals surface area (Å²) in [7, 11) is 1.65. The molecule has 0 spiro atoms. The first-order chi connectivity index (χ1) is 11.5. The SMILES string of the molecule is COc1cc(C2(C(=O)N3CCC(C(=O)O)CC3)CCC2)ccc1C. The van der Waals surface area contributed by atoms with Gasteiger partial charge in [-0.05, 0) is 49.8 Å². The Kier molecular flexibility index (Phi) is 4.52. The zero-order chi connectivity index (χ0) is 17.3. The second-order valence-corrected chi connectivity index (χ2v) is 7.02. The highest BCUT2D eigenvalue weighted by Gasteiger charge is 2.48. The normalized spacial score (nSPS) is 20.3. The Labute approximate surface area is 142 Å². The molecule has 0 unspecified atom stereocenters. The summed E-state index contributed by atoms with van der Waals surface area (Å²) in [5, 5.41) is 9.12. The summed E-state index contributed by atoms with van der Waals surface area (Å²) in [5.74, 6) is -0.0887. The van der Waals surface area contributed by atoms with Crippen molar-refractivity contribution < 1.29 is 19.4 Å². The van der Waals surface area contributed by atoms with E-state index in [0.717, 1.165) is 36.1 Å². The fraction of sp³-hybridized carbons (Fsp3) is 0.579. The molecule has 1 aromatic carbocycles. The number of hydrogen-bond donors (Lipinski definition) is 1. The number of nitrogens with zero attached hydrogens (tertiary/aromatic N) is 1. The van der Waals surface area contributed by atoms with Crippen LogP contribution in [-0.2, 0) is 15.0 Å². The number of aliphatic carboxylic acids is 1. The fourth-order valence-corrected chi connectivity index (χ4v) is 3.91. The van der Waals surface area contributed by atoms with Crippen molar-refractivity contribution in [2.75, 3.05) is 20.2 Å². The highest BCUT2D eigenvalue weighted by molar-refractivity contribution is 5.89. The van der Waals surface area contributed by atoms with E-state index < -0.39 is 11.4 Å². The van der Waals surface area contributed by atoms with Gasteiger partial charge in [-0.15, -0.1) is 0 Å². The summed E-state index contributed by atoms with van der Waals surface area (Å²) < 4.78 is 5.42. The maximum absolute atomic E-state index is 13.2. The average molecular weight is 331 g/mol. The average Bonchev–Trinajstić information content (AvgIpc) is 2.55. The molecule has 0 aromatic heterocycles. The lowest BCUT2D eigenvalue weighted by Gasteiger charge is -2.45. The van der Waals surface area contributed by atoms with E-state index in [4.69, 9.17) is 9.84 Å². The van der Waals surface area contributed by atoms with Gasteiger partial charge in [0.2, 0.25) is 5.91 Å². The molecule has 5 heteroatoms. The number of aryl methyl sites for hydroxylation is 1. The monoisotopic (exact) mass is 331 g/mol. The molecule has 5 nitrogen and oxygen atoms in total. The maximum atomic E-state index is 13.2. The van der Waals surface area contributed by atoms with Crippen LogP contribution in [0.2, 0.25) is 0 Å². The van der Waals surface area contributed by atoms with Gasteiger partial charge in [0, 0.05) is 13.1 Å². The molecule has 1 saturated heterocycles. The van der Waals surface area contributed by atoms with Gasteiger partial charge in [0.15, 0.2) is 0 Å². The maximum Gasteiger partial charge on any atom is 0.306 e. The predicted molar refractivity (Wildman–Crippen MR) is 90.2 cm³/mol. The van der Waals surface area contributed by atoms with E-state index in [1.807, 2.05) is 30.0 Å². The van der Waals surface area contributed by atoms with Crippen LogP contribution in [0.15, 0.2) is 18.2 Å². The molecule has 3 rings (SSSR count). The number of benzene rings is 1. The van der Waals surface area contributed by atoms with Crippen LogP contribution in [-0.4, -0.2) is 42.1 Å². The number of ether oxygens (including phenoxy) is 1. The van der Waals surface area contributed by atoms with Crippen molar-refractivity contribution in [3.63, 3.8) is 0 Å². The van der Waals surface area contributed by atoms with Gasteiger partial charge in [-0.3, -0.25) is 9.59 Å². The molecule has 1 aliphatic carbocycles. The number of carbonyl (C=O) groups excluding carboxylic acids is 1. The van der Waals surface area contributed by atoms with Crippen LogP contribution in [0, 0.1) is 12.8 Å². The van der Waals surface area contributed by atoms with Gasteiger partial charge in [0.1, 0.15) is 5.75 Å². The third kappa shape index (κ3) is 2.76. The fourth-order valence-electron chi connectivity index (χ4n) is 3.91. The van der Waals surface area contributed by atoms with Crippen molar-refractivity contribution in [2.45, 2.75) is 44.4 Å². The van der Waals surface area contributed by atoms with Gasteiger partial charge in [0.05, 0.1) is 18.4 Å². The standard InChI is InChI=1S/C19H25NO4/c1-13-4-5-15(12-16(13)24-2)19(8-3-9-19)18(23)20-10-6-14(7-11-20)17(21)22/h4-5,12,14H,3,6-11H2,1-2H3,(H,21,22).